The summed E-state index contributed by atoms with van der Waals surface area (Å²) in [6.45, 7) is 5.95. The van der Waals surface area contributed by atoms with Gasteiger partial charge >= 0.3 is 0 Å². The fourth-order valence-corrected chi connectivity index (χ4v) is 2.52. The molecule has 1 aromatic heterocycles. The Kier molecular flexibility index (Phi) is 5.10. The van der Waals surface area contributed by atoms with Gasteiger partial charge in [0.25, 0.3) is 0 Å². The van der Waals surface area contributed by atoms with Crippen molar-refractivity contribution in [3.05, 3.63) is 34.5 Å². The number of halogens is 1. The molecule has 0 N–H and O–H groups in total. The molecule has 3 rings (SSSR count). The molecule has 1 saturated carbocycles. The van der Waals surface area contributed by atoms with Crippen LogP contribution in [0, 0.1) is 18.3 Å². The average Bonchev–Trinajstić information content (AvgIpc) is 3.28. The third-order valence-electron chi connectivity index (χ3n) is 3.40. The number of benzene rings is 1. The zero-order valence-electron chi connectivity index (χ0n) is 13.4. The Balaban J connectivity index is 0.000000847. The van der Waals surface area contributed by atoms with Gasteiger partial charge in [-0.25, -0.2) is 0 Å². The molecule has 0 saturated heterocycles. The van der Waals surface area contributed by atoms with Crippen molar-refractivity contribution < 1.29 is 4.74 Å². The second-order valence-electron chi connectivity index (χ2n) is 5.02. The third kappa shape index (κ3) is 3.10. The lowest BCUT2D eigenvalue weighted by molar-refractivity contribution is 0.302. The van der Waals surface area contributed by atoms with Crippen LogP contribution in [-0.2, 0) is 7.05 Å². The van der Waals surface area contributed by atoms with Crippen LogP contribution < -0.4 is 4.74 Å². The van der Waals surface area contributed by atoms with Crippen molar-refractivity contribution in [2.24, 2.45) is 7.05 Å². The minimum absolute atomic E-state index is 0.240. The van der Waals surface area contributed by atoms with Crippen molar-refractivity contribution in [2.75, 3.05) is 0 Å². The lowest BCUT2D eigenvalue weighted by atomic mass is 10.0. The third-order valence-corrected chi connectivity index (χ3v) is 3.72. The maximum absolute atomic E-state index is 9.52. The summed E-state index contributed by atoms with van der Waals surface area (Å²) in [5.41, 5.74) is 3.02. The minimum atomic E-state index is 0.240. The van der Waals surface area contributed by atoms with E-state index >= 15 is 0 Å². The van der Waals surface area contributed by atoms with Crippen LogP contribution in [-0.4, -0.2) is 15.9 Å². The Morgan fingerprint density at radius 3 is 2.55 bits per heavy atom. The molecular weight excluding hydrogens is 298 g/mol. The van der Waals surface area contributed by atoms with Crippen molar-refractivity contribution in [3.8, 4) is 23.1 Å². The van der Waals surface area contributed by atoms with Gasteiger partial charge in [-0.15, -0.1) is 0 Å². The van der Waals surface area contributed by atoms with Crippen LogP contribution in [0.5, 0.6) is 5.75 Å². The molecule has 1 heterocycles. The number of nitriles is 1. The molecule has 0 aliphatic heterocycles. The van der Waals surface area contributed by atoms with Gasteiger partial charge in [0.1, 0.15) is 17.4 Å². The average molecular weight is 318 g/mol. The lowest BCUT2D eigenvalue weighted by Gasteiger charge is -2.13. The van der Waals surface area contributed by atoms with E-state index in [1.54, 1.807) is 23.0 Å². The molecule has 0 bridgehead atoms. The van der Waals surface area contributed by atoms with E-state index in [1.165, 1.54) is 0 Å². The van der Waals surface area contributed by atoms with E-state index < -0.39 is 0 Å². The quantitative estimate of drug-likeness (QED) is 0.838. The number of rotatable bonds is 3. The number of nitrogens with zero attached hydrogens (tertiary/aromatic N) is 3. The van der Waals surface area contributed by atoms with Crippen LogP contribution in [0.1, 0.15) is 37.8 Å². The maximum Gasteiger partial charge on any atom is 0.138 e. The first-order chi connectivity index (χ1) is 10.6. The van der Waals surface area contributed by atoms with Gasteiger partial charge in [0.2, 0.25) is 0 Å². The molecule has 0 radical (unpaired) electrons. The van der Waals surface area contributed by atoms with Gasteiger partial charge in [0.15, 0.2) is 0 Å². The molecule has 5 heteroatoms. The fraction of sp³-hybridized carbons (Fsp3) is 0.412. The Morgan fingerprint density at radius 1 is 1.36 bits per heavy atom. The van der Waals surface area contributed by atoms with Crippen LogP contribution in [0.4, 0.5) is 0 Å². The van der Waals surface area contributed by atoms with Gasteiger partial charge < -0.3 is 4.74 Å². The first-order valence-corrected chi connectivity index (χ1v) is 7.88. The topological polar surface area (TPSA) is 50.8 Å². The second kappa shape index (κ2) is 6.85. The first-order valence-electron chi connectivity index (χ1n) is 7.50. The summed E-state index contributed by atoms with van der Waals surface area (Å²) in [6, 6.07) is 5.78. The van der Waals surface area contributed by atoms with E-state index in [4.69, 9.17) is 16.3 Å². The Morgan fingerprint density at radius 2 is 2.05 bits per heavy atom. The highest BCUT2D eigenvalue weighted by atomic mass is 35.5. The van der Waals surface area contributed by atoms with Crippen LogP contribution >= 0.6 is 11.6 Å². The first kappa shape index (κ1) is 16.4. The van der Waals surface area contributed by atoms with Crippen molar-refractivity contribution in [3.63, 3.8) is 0 Å². The van der Waals surface area contributed by atoms with E-state index in [0.717, 1.165) is 24.1 Å². The summed E-state index contributed by atoms with van der Waals surface area (Å²) in [5.74, 6) is 0.606. The summed E-state index contributed by atoms with van der Waals surface area (Å²) in [6.07, 6.45) is 4.10. The van der Waals surface area contributed by atoms with Gasteiger partial charge in [-0.05, 0) is 37.5 Å². The van der Waals surface area contributed by atoms with Crippen LogP contribution in [0.25, 0.3) is 11.3 Å². The van der Waals surface area contributed by atoms with E-state index in [1.807, 2.05) is 27.8 Å². The van der Waals surface area contributed by atoms with Crippen molar-refractivity contribution in [1.82, 2.24) is 9.78 Å². The Bertz CT molecular complexity index is 692. The van der Waals surface area contributed by atoms with Crippen LogP contribution in [0.2, 0.25) is 5.02 Å². The molecule has 1 aromatic carbocycles. The molecule has 4 nitrogen and oxygen atoms in total. The van der Waals surface area contributed by atoms with E-state index in [-0.39, 0.29) is 6.10 Å². The monoisotopic (exact) mass is 317 g/mol. The summed E-state index contributed by atoms with van der Waals surface area (Å²) >= 11 is 6.32. The number of hydrogen-bond acceptors (Lipinski definition) is 3. The summed E-state index contributed by atoms with van der Waals surface area (Å²) in [7, 11) is 1.84. The van der Waals surface area contributed by atoms with Gasteiger partial charge in [-0.2, -0.15) is 10.4 Å². The largest absolute Gasteiger partial charge is 0.489 e. The summed E-state index contributed by atoms with van der Waals surface area (Å²) in [4.78, 5) is 0. The van der Waals surface area contributed by atoms with Gasteiger partial charge in [0, 0.05) is 12.6 Å². The summed E-state index contributed by atoms with van der Waals surface area (Å²) < 4.78 is 7.54. The molecular formula is C17H20ClN3O. The second-order valence-corrected chi connectivity index (χ2v) is 5.43. The molecule has 1 aliphatic rings. The van der Waals surface area contributed by atoms with Gasteiger partial charge in [-0.1, -0.05) is 25.4 Å². The predicted octanol–water partition coefficient (Wildman–Crippen LogP) is 4.49. The van der Waals surface area contributed by atoms with E-state index in [2.05, 4.69) is 11.2 Å². The molecule has 0 spiro atoms. The zero-order valence-corrected chi connectivity index (χ0v) is 14.1. The van der Waals surface area contributed by atoms with Crippen LogP contribution in [0.3, 0.4) is 0 Å². The Labute approximate surface area is 136 Å². The summed E-state index contributed by atoms with van der Waals surface area (Å²) in [5, 5.41) is 14.3. The van der Waals surface area contributed by atoms with Gasteiger partial charge in [-0.3, -0.25) is 4.68 Å². The zero-order chi connectivity index (χ0) is 16.3. The molecule has 0 unspecified atom stereocenters. The molecule has 1 fully saturated rings. The molecule has 22 heavy (non-hydrogen) atoms. The lowest BCUT2D eigenvalue weighted by Crippen LogP contribution is -2.02. The highest BCUT2D eigenvalue weighted by molar-refractivity contribution is 6.33. The highest BCUT2D eigenvalue weighted by Gasteiger charge is 2.27. The fourth-order valence-electron chi connectivity index (χ4n) is 2.27. The van der Waals surface area contributed by atoms with E-state index in [0.29, 0.717) is 21.9 Å². The smallest absolute Gasteiger partial charge is 0.138 e. The van der Waals surface area contributed by atoms with Crippen molar-refractivity contribution in [2.45, 2.75) is 39.7 Å². The molecule has 0 amide bonds. The molecule has 1 aliphatic carbocycles. The number of ether oxygens (including phenoxy) is 1. The standard InChI is InChI=1S/C15H14ClN3O.C2H6/c1-9-8-18-19(2)15(9)14-11(7-17)13(6-5-12(14)16)20-10-3-4-10;1-2/h5-6,8,10H,3-4H2,1-2H3;1-2H3. The van der Waals surface area contributed by atoms with E-state index in [9.17, 15) is 5.26 Å². The van der Waals surface area contributed by atoms with Crippen LogP contribution in [0.15, 0.2) is 18.3 Å². The highest BCUT2D eigenvalue weighted by Crippen LogP contribution is 2.39. The predicted molar refractivity (Wildman–Crippen MR) is 88.1 cm³/mol. The maximum atomic E-state index is 9.52. The van der Waals surface area contributed by atoms with Gasteiger partial charge in [0.05, 0.1) is 23.0 Å². The molecule has 116 valence electrons. The number of hydrogen-bond donors (Lipinski definition) is 0. The normalized spacial score (nSPS) is 13.1. The molecule has 2 aromatic rings. The number of aryl methyl sites for hydroxylation is 2. The SMILES string of the molecule is CC.Cc1cnn(C)c1-c1c(Cl)ccc(OC2CC2)c1C#N. The Hall–Kier alpha value is -1.99. The van der Waals surface area contributed by atoms with Crippen molar-refractivity contribution in [1.29, 1.82) is 5.26 Å². The number of aromatic nitrogens is 2. The minimum Gasteiger partial charge on any atom is -0.489 e. The molecule has 0 atom stereocenters. The van der Waals surface area contributed by atoms with Crippen molar-refractivity contribution >= 4 is 11.6 Å².